The molecule has 1 fully saturated rings. The van der Waals surface area contributed by atoms with Crippen molar-refractivity contribution in [2.75, 3.05) is 26.2 Å². The van der Waals surface area contributed by atoms with Gasteiger partial charge >= 0.3 is 0 Å². The number of nitrogens with one attached hydrogen (secondary N) is 2. The van der Waals surface area contributed by atoms with Crippen molar-refractivity contribution in [1.82, 2.24) is 25.0 Å². The number of rotatable bonds is 6. The molecule has 3 heterocycles. The number of carbonyl (C=O) groups is 1. The molecule has 0 spiro atoms. The number of fused-ring (bicyclic) bond motifs is 1. The van der Waals surface area contributed by atoms with Crippen molar-refractivity contribution in [2.24, 2.45) is 0 Å². The smallest absolute Gasteiger partial charge is 0.269 e. The predicted octanol–water partition coefficient (Wildman–Crippen LogP) is 1.62. The molecule has 3 rings (SSSR count). The number of H-pyrrole nitrogens is 1. The molecule has 26 heavy (non-hydrogen) atoms. The molecular weight excluding hydrogens is 334 g/mol. The molecule has 0 aliphatic carbocycles. The SMILES string of the molecule is CC(C)n1c(=O)c(C(=O)NCCCN2CCCCC2)c(O)c2cn[nH]c21. The van der Waals surface area contributed by atoms with Gasteiger partial charge in [0.15, 0.2) is 0 Å². The quantitative estimate of drug-likeness (QED) is 0.679. The number of carbonyl (C=O) groups excluding carboxylic acids is 1. The van der Waals surface area contributed by atoms with E-state index in [1.165, 1.54) is 30.0 Å². The Morgan fingerprint density at radius 1 is 1.35 bits per heavy atom. The first-order chi connectivity index (χ1) is 12.5. The zero-order valence-corrected chi connectivity index (χ0v) is 15.4. The van der Waals surface area contributed by atoms with Crippen LogP contribution >= 0.6 is 0 Å². The minimum atomic E-state index is -0.538. The van der Waals surface area contributed by atoms with Crippen molar-refractivity contribution in [3.63, 3.8) is 0 Å². The van der Waals surface area contributed by atoms with E-state index in [1.54, 1.807) is 0 Å². The lowest BCUT2D eigenvalue weighted by Gasteiger charge is -2.26. The van der Waals surface area contributed by atoms with E-state index in [4.69, 9.17) is 0 Å². The van der Waals surface area contributed by atoms with Gasteiger partial charge in [-0.2, -0.15) is 5.10 Å². The van der Waals surface area contributed by atoms with Gasteiger partial charge in [-0.25, -0.2) is 0 Å². The lowest BCUT2D eigenvalue weighted by molar-refractivity contribution is 0.0946. The lowest BCUT2D eigenvalue weighted by atomic mass is 10.1. The number of piperidine rings is 1. The Labute approximate surface area is 152 Å². The van der Waals surface area contributed by atoms with Gasteiger partial charge in [0.2, 0.25) is 0 Å². The zero-order chi connectivity index (χ0) is 18.7. The number of aromatic amines is 1. The fraction of sp³-hybridized carbons (Fsp3) is 0.611. The van der Waals surface area contributed by atoms with Crippen molar-refractivity contribution in [1.29, 1.82) is 0 Å². The number of hydrogen-bond acceptors (Lipinski definition) is 5. The highest BCUT2D eigenvalue weighted by Crippen LogP contribution is 2.26. The summed E-state index contributed by atoms with van der Waals surface area (Å²) in [6.45, 7) is 7.33. The highest BCUT2D eigenvalue weighted by Gasteiger charge is 2.24. The maximum Gasteiger partial charge on any atom is 0.269 e. The summed E-state index contributed by atoms with van der Waals surface area (Å²) in [4.78, 5) is 27.7. The van der Waals surface area contributed by atoms with Crippen LogP contribution in [0.15, 0.2) is 11.0 Å². The molecule has 0 radical (unpaired) electrons. The van der Waals surface area contributed by atoms with Gasteiger partial charge in [0, 0.05) is 12.6 Å². The van der Waals surface area contributed by atoms with Gasteiger partial charge in [-0.05, 0) is 52.7 Å². The Bertz CT molecular complexity index is 833. The first kappa shape index (κ1) is 18.4. The molecule has 0 bridgehead atoms. The third-order valence-corrected chi connectivity index (χ3v) is 4.91. The van der Waals surface area contributed by atoms with Gasteiger partial charge in [-0.3, -0.25) is 19.3 Å². The van der Waals surface area contributed by atoms with Gasteiger partial charge in [-0.1, -0.05) is 6.42 Å². The van der Waals surface area contributed by atoms with E-state index in [0.29, 0.717) is 17.6 Å². The predicted molar refractivity (Wildman–Crippen MR) is 99.6 cm³/mol. The first-order valence-corrected chi connectivity index (χ1v) is 9.31. The Hall–Kier alpha value is -2.35. The zero-order valence-electron chi connectivity index (χ0n) is 15.4. The molecule has 0 aromatic carbocycles. The maximum absolute atomic E-state index is 12.8. The van der Waals surface area contributed by atoms with Crippen LogP contribution in [0, 0.1) is 0 Å². The number of amides is 1. The molecule has 0 saturated carbocycles. The highest BCUT2D eigenvalue weighted by atomic mass is 16.3. The van der Waals surface area contributed by atoms with E-state index in [0.717, 1.165) is 26.1 Å². The van der Waals surface area contributed by atoms with Gasteiger partial charge in [0.1, 0.15) is 17.0 Å². The number of hydrogen-bond donors (Lipinski definition) is 3. The number of nitrogens with zero attached hydrogens (tertiary/aromatic N) is 3. The van der Waals surface area contributed by atoms with E-state index in [2.05, 4.69) is 20.4 Å². The van der Waals surface area contributed by atoms with Crippen molar-refractivity contribution in [2.45, 2.75) is 45.6 Å². The summed E-state index contributed by atoms with van der Waals surface area (Å²) in [5, 5.41) is 20.2. The average Bonchev–Trinajstić information content (AvgIpc) is 3.09. The molecule has 1 amide bonds. The lowest BCUT2D eigenvalue weighted by Crippen LogP contribution is -2.36. The van der Waals surface area contributed by atoms with Crippen LogP contribution in [-0.2, 0) is 0 Å². The van der Waals surface area contributed by atoms with Crippen LogP contribution in [0.25, 0.3) is 11.0 Å². The largest absolute Gasteiger partial charge is 0.506 e. The van der Waals surface area contributed by atoms with Gasteiger partial charge in [0.25, 0.3) is 11.5 Å². The van der Waals surface area contributed by atoms with Crippen LogP contribution in [0.3, 0.4) is 0 Å². The van der Waals surface area contributed by atoms with Gasteiger partial charge in [0.05, 0.1) is 11.6 Å². The van der Waals surface area contributed by atoms with Gasteiger partial charge in [-0.15, -0.1) is 0 Å². The third-order valence-electron chi connectivity index (χ3n) is 4.91. The van der Waals surface area contributed by atoms with Crippen LogP contribution in [0.1, 0.15) is 55.9 Å². The maximum atomic E-state index is 12.8. The van der Waals surface area contributed by atoms with Crippen molar-refractivity contribution < 1.29 is 9.90 Å². The molecule has 142 valence electrons. The second kappa shape index (κ2) is 7.90. The Morgan fingerprint density at radius 3 is 2.77 bits per heavy atom. The summed E-state index contributed by atoms with van der Waals surface area (Å²) >= 11 is 0. The van der Waals surface area contributed by atoms with Crippen LogP contribution in [-0.4, -0.2) is 56.9 Å². The van der Waals surface area contributed by atoms with Crippen LogP contribution in [0.5, 0.6) is 5.75 Å². The molecule has 8 nitrogen and oxygen atoms in total. The van der Waals surface area contributed by atoms with E-state index >= 15 is 0 Å². The van der Waals surface area contributed by atoms with Crippen molar-refractivity contribution in [3.8, 4) is 5.75 Å². The van der Waals surface area contributed by atoms with Crippen molar-refractivity contribution in [3.05, 3.63) is 22.1 Å². The molecule has 2 aromatic heterocycles. The molecule has 0 unspecified atom stereocenters. The normalized spacial score (nSPS) is 15.7. The molecular formula is C18H27N5O3. The average molecular weight is 361 g/mol. The van der Waals surface area contributed by atoms with E-state index in [-0.39, 0.29) is 17.4 Å². The molecule has 1 aliphatic rings. The summed E-state index contributed by atoms with van der Waals surface area (Å²) in [7, 11) is 0. The third kappa shape index (κ3) is 3.60. The molecule has 3 N–H and O–H groups in total. The fourth-order valence-electron chi connectivity index (χ4n) is 3.57. The summed E-state index contributed by atoms with van der Waals surface area (Å²) in [5.74, 6) is -0.854. The molecule has 1 saturated heterocycles. The second-order valence-electron chi connectivity index (χ2n) is 7.14. The van der Waals surface area contributed by atoms with E-state index < -0.39 is 11.5 Å². The Kier molecular flexibility index (Phi) is 5.61. The standard InChI is InChI=1S/C18H27N5O3/c1-12(2)23-16-13(11-20-21-16)15(24)14(18(23)26)17(25)19-7-6-10-22-8-4-3-5-9-22/h11-12,24H,3-10H2,1-2H3,(H,19,25)(H,20,21). The number of aromatic hydroxyl groups is 1. The molecule has 0 atom stereocenters. The van der Waals surface area contributed by atoms with E-state index in [9.17, 15) is 14.7 Å². The van der Waals surface area contributed by atoms with Gasteiger partial charge < -0.3 is 15.3 Å². The van der Waals surface area contributed by atoms with Crippen LogP contribution in [0.4, 0.5) is 0 Å². The molecule has 2 aromatic rings. The number of pyridine rings is 1. The van der Waals surface area contributed by atoms with Crippen LogP contribution < -0.4 is 10.9 Å². The Balaban J connectivity index is 1.72. The van der Waals surface area contributed by atoms with Crippen molar-refractivity contribution >= 4 is 16.9 Å². The number of likely N-dealkylation sites (tertiary alicyclic amines) is 1. The summed E-state index contributed by atoms with van der Waals surface area (Å²) in [6, 6.07) is -0.170. The summed E-state index contributed by atoms with van der Waals surface area (Å²) in [6.07, 6.45) is 6.01. The monoisotopic (exact) mass is 361 g/mol. The second-order valence-corrected chi connectivity index (χ2v) is 7.14. The Morgan fingerprint density at radius 2 is 2.08 bits per heavy atom. The topological polar surface area (TPSA) is 103 Å². The number of aromatic nitrogens is 3. The fourth-order valence-corrected chi connectivity index (χ4v) is 3.57. The first-order valence-electron chi connectivity index (χ1n) is 9.31. The van der Waals surface area contributed by atoms with Crippen LogP contribution in [0.2, 0.25) is 0 Å². The minimum Gasteiger partial charge on any atom is -0.506 e. The summed E-state index contributed by atoms with van der Waals surface area (Å²) in [5.41, 5.74) is -0.308. The molecule has 1 aliphatic heterocycles. The highest BCUT2D eigenvalue weighted by molar-refractivity contribution is 6.01. The molecule has 8 heteroatoms. The minimum absolute atomic E-state index is 0.170. The summed E-state index contributed by atoms with van der Waals surface area (Å²) < 4.78 is 1.45. The van der Waals surface area contributed by atoms with E-state index in [1.807, 2.05) is 13.8 Å².